The molecular formula is C23H19ClIN3O2S. The topological polar surface area (TPSA) is 55.6 Å². The molecule has 4 rings (SSSR count). The number of carbonyl (C=O) groups is 1. The second kappa shape index (κ2) is 9.10. The van der Waals surface area contributed by atoms with Gasteiger partial charge in [-0.25, -0.2) is 4.99 Å². The zero-order valence-electron chi connectivity index (χ0n) is 17.1. The van der Waals surface area contributed by atoms with Crippen molar-refractivity contribution in [3.63, 3.8) is 0 Å². The van der Waals surface area contributed by atoms with Crippen LogP contribution in [0, 0.1) is 17.4 Å². The summed E-state index contributed by atoms with van der Waals surface area (Å²) in [6.45, 7) is 4.12. The highest BCUT2D eigenvalue weighted by atomic mass is 127. The molecule has 0 radical (unpaired) electrons. The van der Waals surface area contributed by atoms with Crippen LogP contribution in [0.1, 0.15) is 17.0 Å². The third kappa shape index (κ3) is 4.68. The highest BCUT2D eigenvalue weighted by Gasteiger charge is 2.25. The number of halogens is 2. The third-order valence-electron chi connectivity index (χ3n) is 4.86. The third-order valence-corrected chi connectivity index (χ3v) is 6.72. The van der Waals surface area contributed by atoms with E-state index in [2.05, 4.69) is 81.6 Å². The molecule has 1 aliphatic heterocycles. The van der Waals surface area contributed by atoms with Gasteiger partial charge in [0.05, 0.1) is 12.0 Å². The molecule has 2 aromatic carbocycles. The van der Waals surface area contributed by atoms with Gasteiger partial charge in [0.25, 0.3) is 5.91 Å². The standard InChI is InChI=1S/C23H19ClIN3O2S/c1-13-10-15(14(2)28(13)18-7-5-17(25)6-8-18)11-21-22(29)27-23(31-21)26-19-12-16(24)4-9-20(19)30-3/h4-12H,1-3H3,(H,26,27,29)/b21-11-. The molecule has 1 saturated heterocycles. The van der Waals surface area contributed by atoms with Crippen LogP contribution in [-0.4, -0.2) is 22.8 Å². The van der Waals surface area contributed by atoms with Crippen molar-refractivity contribution in [2.24, 2.45) is 4.99 Å². The van der Waals surface area contributed by atoms with Gasteiger partial charge in [-0.1, -0.05) is 11.6 Å². The molecule has 8 heteroatoms. The molecular weight excluding hydrogens is 545 g/mol. The number of amides is 1. The van der Waals surface area contributed by atoms with E-state index in [1.165, 1.54) is 15.3 Å². The lowest BCUT2D eigenvalue weighted by Gasteiger charge is -2.09. The fraction of sp³-hybridized carbons (Fsp3) is 0.130. The molecule has 1 N–H and O–H groups in total. The summed E-state index contributed by atoms with van der Waals surface area (Å²) in [6.07, 6.45) is 1.91. The first-order chi connectivity index (χ1) is 14.9. The zero-order chi connectivity index (χ0) is 22.1. The average molecular weight is 564 g/mol. The number of aryl methyl sites for hydroxylation is 1. The van der Waals surface area contributed by atoms with Crippen molar-refractivity contribution in [3.05, 3.63) is 79.0 Å². The van der Waals surface area contributed by atoms with Crippen LogP contribution in [0.5, 0.6) is 5.75 Å². The Morgan fingerprint density at radius 1 is 1.16 bits per heavy atom. The molecule has 0 aliphatic carbocycles. The second-order valence-corrected chi connectivity index (χ2v) is 9.65. The lowest BCUT2D eigenvalue weighted by Crippen LogP contribution is -2.19. The summed E-state index contributed by atoms with van der Waals surface area (Å²) < 4.78 is 8.71. The molecule has 5 nitrogen and oxygen atoms in total. The van der Waals surface area contributed by atoms with Crippen LogP contribution in [0.2, 0.25) is 5.02 Å². The summed E-state index contributed by atoms with van der Waals surface area (Å²) in [5.74, 6) is 0.411. The highest BCUT2D eigenvalue weighted by molar-refractivity contribution is 14.1. The van der Waals surface area contributed by atoms with E-state index in [-0.39, 0.29) is 5.91 Å². The van der Waals surface area contributed by atoms with Crippen molar-refractivity contribution in [2.45, 2.75) is 13.8 Å². The smallest absolute Gasteiger partial charge is 0.264 e. The van der Waals surface area contributed by atoms with Gasteiger partial charge in [0, 0.05) is 25.7 Å². The van der Waals surface area contributed by atoms with Gasteiger partial charge in [0.1, 0.15) is 11.4 Å². The van der Waals surface area contributed by atoms with Gasteiger partial charge < -0.3 is 14.6 Å². The van der Waals surface area contributed by atoms with Crippen LogP contribution >= 0.6 is 46.0 Å². The minimum absolute atomic E-state index is 0.177. The van der Waals surface area contributed by atoms with E-state index >= 15 is 0 Å². The molecule has 0 spiro atoms. The summed E-state index contributed by atoms with van der Waals surface area (Å²) in [6, 6.07) is 15.6. The molecule has 1 fully saturated rings. The number of hydrogen-bond acceptors (Lipinski definition) is 4. The number of nitrogens with zero attached hydrogens (tertiary/aromatic N) is 2. The molecule has 3 aromatic rings. The number of thioether (sulfide) groups is 1. The number of hydrogen-bond donors (Lipinski definition) is 1. The largest absolute Gasteiger partial charge is 0.494 e. The van der Waals surface area contributed by atoms with Crippen LogP contribution in [0.3, 0.4) is 0 Å². The Morgan fingerprint density at radius 3 is 2.61 bits per heavy atom. The molecule has 1 amide bonds. The molecule has 0 unspecified atom stereocenters. The van der Waals surface area contributed by atoms with E-state index in [4.69, 9.17) is 16.3 Å². The Bertz CT molecular complexity index is 1230. The van der Waals surface area contributed by atoms with Gasteiger partial charge in [0.15, 0.2) is 5.17 Å². The maximum absolute atomic E-state index is 12.6. The number of benzene rings is 2. The lowest BCUT2D eigenvalue weighted by molar-refractivity contribution is -0.115. The van der Waals surface area contributed by atoms with Crippen molar-refractivity contribution < 1.29 is 9.53 Å². The molecule has 158 valence electrons. The first kappa shape index (κ1) is 22.0. The predicted octanol–water partition coefficient (Wildman–Crippen LogP) is 6.25. The van der Waals surface area contributed by atoms with E-state index in [1.54, 1.807) is 25.3 Å². The average Bonchev–Trinajstić information content (AvgIpc) is 3.21. The Labute approximate surface area is 203 Å². The van der Waals surface area contributed by atoms with E-state index in [1.807, 2.05) is 6.08 Å². The summed E-state index contributed by atoms with van der Waals surface area (Å²) in [4.78, 5) is 17.7. The van der Waals surface area contributed by atoms with Crippen molar-refractivity contribution >= 4 is 68.8 Å². The first-order valence-corrected chi connectivity index (χ1v) is 11.7. The second-order valence-electron chi connectivity index (χ2n) is 6.94. The van der Waals surface area contributed by atoms with Crippen molar-refractivity contribution in [1.29, 1.82) is 0 Å². The van der Waals surface area contributed by atoms with E-state index in [9.17, 15) is 4.79 Å². The molecule has 1 aromatic heterocycles. The number of nitrogens with one attached hydrogen (secondary N) is 1. The normalized spacial score (nSPS) is 16.2. The fourth-order valence-corrected chi connectivity index (χ4v) is 4.75. The van der Waals surface area contributed by atoms with Crippen molar-refractivity contribution in [2.75, 3.05) is 7.11 Å². The SMILES string of the molecule is COc1ccc(Cl)cc1N=C1NC(=O)/C(=C/c2cc(C)n(-c3ccc(I)cc3)c2C)S1. The number of aromatic nitrogens is 1. The monoisotopic (exact) mass is 563 g/mol. The zero-order valence-corrected chi connectivity index (χ0v) is 20.8. The molecule has 0 atom stereocenters. The van der Waals surface area contributed by atoms with E-state index in [0.29, 0.717) is 26.5 Å². The molecule has 0 bridgehead atoms. The van der Waals surface area contributed by atoms with Crippen molar-refractivity contribution in [1.82, 2.24) is 9.88 Å². The Balaban J connectivity index is 1.65. The highest BCUT2D eigenvalue weighted by Crippen LogP contribution is 2.34. The van der Waals surface area contributed by atoms with E-state index < -0.39 is 0 Å². The quantitative estimate of drug-likeness (QED) is 0.301. The van der Waals surface area contributed by atoms with Crippen molar-refractivity contribution in [3.8, 4) is 11.4 Å². The van der Waals surface area contributed by atoms with Gasteiger partial charge in [0.2, 0.25) is 0 Å². The maximum atomic E-state index is 12.6. The van der Waals surface area contributed by atoms with Crippen LogP contribution in [0.4, 0.5) is 5.69 Å². The molecule has 1 aliphatic rings. The number of carbonyl (C=O) groups excluding carboxylic acids is 1. The van der Waals surface area contributed by atoms with Gasteiger partial charge in [-0.05, 0) is 108 Å². The summed E-state index contributed by atoms with van der Waals surface area (Å²) in [5, 5.41) is 3.86. The van der Waals surface area contributed by atoms with Crippen LogP contribution in [-0.2, 0) is 4.79 Å². The number of methoxy groups -OCH3 is 1. The fourth-order valence-electron chi connectivity index (χ4n) is 3.40. The summed E-state index contributed by atoms with van der Waals surface area (Å²) in [5.41, 5.74) is 4.83. The number of rotatable bonds is 4. The van der Waals surface area contributed by atoms with Crippen LogP contribution in [0.25, 0.3) is 11.8 Å². The molecule has 2 heterocycles. The number of ether oxygens (including phenoxy) is 1. The minimum Gasteiger partial charge on any atom is -0.494 e. The summed E-state index contributed by atoms with van der Waals surface area (Å²) >= 11 is 9.68. The molecule has 31 heavy (non-hydrogen) atoms. The van der Waals surface area contributed by atoms with Gasteiger partial charge >= 0.3 is 0 Å². The predicted molar refractivity (Wildman–Crippen MR) is 137 cm³/mol. The number of aliphatic imine (C=N–C) groups is 1. The van der Waals surface area contributed by atoms with Gasteiger partial charge in [-0.2, -0.15) is 0 Å². The Hall–Kier alpha value is -2.23. The minimum atomic E-state index is -0.177. The van der Waals surface area contributed by atoms with Crippen LogP contribution in [0.15, 0.2) is 58.4 Å². The summed E-state index contributed by atoms with van der Waals surface area (Å²) in [7, 11) is 1.57. The lowest BCUT2D eigenvalue weighted by atomic mass is 10.2. The Morgan fingerprint density at radius 2 is 1.90 bits per heavy atom. The molecule has 0 saturated carbocycles. The number of amidine groups is 1. The maximum Gasteiger partial charge on any atom is 0.264 e. The van der Waals surface area contributed by atoms with E-state index in [0.717, 1.165) is 22.6 Å². The van der Waals surface area contributed by atoms with Gasteiger partial charge in [-0.3, -0.25) is 4.79 Å². The Kier molecular flexibility index (Phi) is 6.45. The first-order valence-electron chi connectivity index (χ1n) is 9.43. The van der Waals surface area contributed by atoms with Crippen LogP contribution < -0.4 is 10.1 Å². The van der Waals surface area contributed by atoms with Gasteiger partial charge in [-0.15, -0.1) is 0 Å².